The van der Waals surface area contributed by atoms with Crippen LogP contribution in [0.2, 0.25) is 0 Å². The lowest BCUT2D eigenvalue weighted by Crippen LogP contribution is -2.49. The van der Waals surface area contributed by atoms with Crippen molar-refractivity contribution in [2.45, 2.75) is 50.5 Å². The number of rotatable bonds is 9. The SMILES string of the molecule is COc1cc([C@@H](O)[C@@H](OC2Cc3ccccc3C2)C(=O)N2C(=O)OC[C@H]2Cc2ccccc2)cc(OC)c1C. The average molecular weight is 532 g/mol. The Kier molecular flexibility index (Phi) is 7.86. The summed E-state index contributed by atoms with van der Waals surface area (Å²) in [4.78, 5) is 28.0. The molecule has 8 nitrogen and oxygen atoms in total. The number of aliphatic hydroxyl groups is 1. The van der Waals surface area contributed by atoms with Gasteiger partial charge in [0.15, 0.2) is 6.10 Å². The fourth-order valence-corrected chi connectivity index (χ4v) is 5.45. The molecule has 1 aliphatic carbocycles. The van der Waals surface area contributed by atoms with Crippen LogP contribution in [-0.4, -0.2) is 61.1 Å². The monoisotopic (exact) mass is 531 g/mol. The summed E-state index contributed by atoms with van der Waals surface area (Å²) in [7, 11) is 3.06. The maximum Gasteiger partial charge on any atom is 0.417 e. The Morgan fingerprint density at radius 2 is 1.59 bits per heavy atom. The minimum absolute atomic E-state index is 0.0727. The second-order valence-electron chi connectivity index (χ2n) is 9.98. The predicted octanol–water partition coefficient (Wildman–Crippen LogP) is 4.19. The smallest absolute Gasteiger partial charge is 0.417 e. The van der Waals surface area contributed by atoms with Crippen molar-refractivity contribution in [2.75, 3.05) is 20.8 Å². The summed E-state index contributed by atoms with van der Waals surface area (Å²) in [6.07, 6.45) is -2.19. The number of aliphatic hydroxyl groups excluding tert-OH is 1. The van der Waals surface area contributed by atoms with Crippen LogP contribution in [0.5, 0.6) is 11.5 Å². The third kappa shape index (κ3) is 5.48. The van der Waals surface area contributed by atoms with E-state index in [2.05, 4.69) is 0 Å². The molecule has 0 aromatic heterocycles. The summed E-state index contributed by atoms with van der Waals surface area (Å²) in [6, 6.07) is 20.4. The number of amides is 2. The maximum atomic E-state index is 14.1. The quantitative estimate of drug-likeness (QED) is 0.443. The van der Waals surface area contributed by atoms with Gasteiger partial charge in [-0.05, 0) is 60.6 Å². The van der Waals surface area contributed by atoms with Crippen molar-refractivity contribution < 1.29 is 33.6 Å². The fourth-order valence-electron chi connectivity index (χ4n) is 5.45. The molecule has 0 unspecified atom stereocenters. The number of benzene rings is 3. The Hall–Kier alpha value is -3.88. The van der Waals surface area contributed by atoms with Crippen LogP contribution in [0.4, 0.5) is 4.79 Å². The van der Waals surface area contributed by atoms with Crippen LogP contribution >= 0.6 is 0 Å². The van der Waals surface area contributed by atoms with E-state index in [1.807, 2.05) is 61.5 Å². The lowest BCUT2D eigenvalue weighted by atomic mass is 9.99. The first-order valence-electron chi connectivity index (χ1n) is 13.1. The Labute approximate surface area is 228 Å². The van der Waals surface area contributed by atoms with E-state index >= 15 is 0 Å². The molecule has 204 valence electrons. The van der Waals surface area contributed by atoms with Crippen molar-refractivity contribution in [3.63, 3.8) is 0 Å². The van der Waals surface area contributed by atoms with Gasteiger partial charge in [0.2, 0.25) is 0 Å². The van der Waals surface area contributed by atoms with Crippen LogP contribution in [0.15, 0.2) is 66.7 Å². The lowest BCUT2D eigenvalue weighted by Gasteiger charge is -2.30. The molecule has 39 heavy (non-hydrogen) atoms. The largest absolute Gasteiger partial charge is 0.496 e. The van der Waals surface area contributed by atoms with Gasteiger partial charge in [-0.2, -0.15) is 0 Å². The third-order valence-corrected chi connectivity index (χ3v) is 7.51. The molecular formula is C31H33NO7. The summed E-state index contributed by atoms with van der Waals surface area (Å²) in [5, 5.41) is 11.6. The molecule has 1 heterocycles. The van der Waals surface area contributed by atoms with Gasteiger partial charge in [-0.15, -0.1) is 0 Å². The topological polar surface area (TPSA) is 94.5 Å². The molecule has 2 amide bonds. The number of nitrogens with zero attached hydrogens (tertiary/aromatic N) is 1. The number of methoxy groups -OCH3 is 2. The highest BCUT2D eigenvalue weighted by atomic mass is 16.6. The highest BCUT2D eigenvalue weighted by Crippen LogP contribution is 2.36. The van der Waals surface area contributed by atoms with E-state index in [9.17, 15) is 14.7 Å². The van der Waals surface area contributed by atoms with Gasteiger partial charge in [-0.3, -0.25) is 4.79 Å². The van der Waals surface area contributed by atoms with Gasteiger partial charge < -0.3 is 24.1 Å². The molecule has 3 atom stereocenters. The number of ether oxygens (including phenoxy) is 4. The maximum absolute atomic E-state index is 14.1. The van der Waals surface area contributed by atoms with Crippen molar-refractivity contribution in [3.05, 3.63) is 94.5 Å². The molecule has 1 N–H and O–H groups in total. The normalized spacial score (nSPS) is 18.4. The molecule has 0 spiro atoms. The number of hydrogen-bond donors (Lipinski definition) is 1. The lowest BCUT2D eigenvalue weighted by molar-refractivity contribution is -0.155. The van der Waals surface area contributed by atoms with Crippen LogP contribution < -0.4 is 9.47 Å². The van der Waals surface area contributed by atoms with Crippen LogP contribution in [0.3, 0.4) is 0 Å². The summed E-state index contributed by atoms with van der Waals surface area (Å²) >= 11 is 0. The molecule has 1 fully saturated rings. The highest BCUT2D eigenvalue weighted by Gasteiger charge is 2.45. The van der Waals surface area contributed by atoms with Gasteiger partial charge in [0.1, 0.15) is 24.2 Å². The number of carbonyl (C=O) groups is 2. The number of imide groups is 1. The van der Waals surface area contributed by atoms with Crippen LogP contribution in [-0.2, 0) is 33.5 Å². The average Bonchev–Trinajstić information content (AvgIpc) is 3.54. The number of carbonyl (C=O) groups excluding carboxylic acids is 2. The molecule has 5 rings (SSSR count). The van der Waals surface area contributed by atoms with E-state index in [0.29, 0.717) is 36.3 Å². The van der Waals surface area contributed by atoms with E-state index in [-0.39, 0.29) is 12.7 Å². The van der Waals surface area contributed by atoms with Gasteiger partial charge in [0, 0.05) is 5.56 Å². The fraction of sp³-hybridized carbons (Fsp3) is 0.355. The van der Waals surface area contributed by atoms with Crippen LogP contribution in [0.1, 0.15) is 33.9 Å². The first-order valence-corrected chi connectivity index (χ1v) is 13.1. The van der Waals surface area contributed by atoms with Gasteiger partial charge in [0.25, 0.3) is 5.91 Å². The standard InChI is InChI=1S/C31H33NO7/c1-19-26(36-2)16-23(17-27(19)37-3)28(33)29(39-25-14-21-11-7-8-12-22(21)15-25)30(34)32-24(18-38-31(32)35)13-20-9-5-4-6-10-20/h4-12,16-17,24-25,28-29,33H,13-15,18H2,1-3H3/t24-,28-,29-/m1/s1. The minimum atomic E-state index is -1.39. The predicted molar refractivity (Wildman–Crippen MR) is 144 cm³/mol. The van der Waals surface area contributed by atoms with Crippen molar-refractivity contribution in [1.82, 2.24) is 4.90 Å². The molecule has 1 saturated heterocycles. The Balaban J connectivity index is 1.47. The second kappa shape index (κ2) is 11.5. The first kappa shape index (κ1) is 26.7. The van der Waals surface area contributed by atoms with Crippen molar-refractivity contribution in [2.24, 2.45) is 0 Å². The molecule has 1 aliphatic heterocycles. The van der Waals surface area contributed by atoms with Gasteiger partial charge >= 0.3 is 6.09 Å². The number of fused-ring (bicyclic) bond motifs is 1. The second-order valence-corrected chi connectivity index (χ2v) is 9.98. The summed E-state index contributed by atoms with van der Waals surface area (Å²) in [5.41, 5.74) is 4.40. The van der Waals surface area contributed by atoms with E-state index in [4.69, 9.17) is 18.9 Å². The molecule has 3 aromatic carbocycles. The summed E-state index contributed by atoms with van der Waals surface area (Å²) in [6.45, 7) is 1.92. The number of hydrogen-bond acceptors (Lipinski definition) is 7. The minimum Gasteiger partial charge on any atom is -0.496 e. The molecule has 0 saturated carbocycles. The van der Waals surface area contributed by atoms with Gasteiger partial charge in [0.05, 0.1) is 26.4 Å². The van der Waals surface area contributed by atoms with Gasteiger partial charge in [-0.1, -0.05) is 54.6 Å². The number of cyclic esters (lactones) is 1. The summed E-state index contributed by atoms with van der Waals surface area (Å²) < 4.78 is 22.7. The van der Waals surface area contributed by atoms with Crippen molar-refractivity contribution in [1.29, 1.82) is 0 Å². The van der Waals surface area contributed by atoms with E-state index < -0.39 is 30.3 Å². The van der Waals surface area contributed by atoms with E-state index in [0.717, 1.165) is 27.2 Å². The molecule has 0 bridgehead atoms. The Bertz CT molecular complexity index is 1290. The Morgan fingerprint density at radius 3 is 2.18 bits per heavy atom. The zero-order chi connectivity index (χ0) is 27.5. The van der Waals surface area contributed by atoms with Gasteiger partial charge in [-0.25, -0.2) is 9.69 Å². The van der Waals surface area contributed by atoms with Crippen molar-refractivity contribution in [3.8, 4) is 11.5 Å². The van der Waals surface area contributed by atoms with E-state index in [1.165, 1.54) is 14.2 Å². The zero-order valence-corrected chi connectivity index (χ0v) is 22.3. The third-order valence-electron chi connectivity index (χ3n) is 7.51. The zero-order valence-electron chi connectivity index (χ0n) is 22.3. The van der Waals surface area contributed by atoms with E-state index in [1.54, 1.807) is 12.1 Å². The van der Waals surface area contributed by atoms with Crippen LogP contribution in [0.25, 0.3) is 0 Å². The molecular weight excluding hydrogens is 498 g/mol. The Morgan fingerprint density at radius 1 is 1.00 bits per heavy atom. The molecule has 8 heteroatoms. The first-order chi connectivity index (χ1) is 18.9. The molecule has 2 aliphatic rings. The highest BCUT2D eigenvalue weighted by molar-refractivity contribution is 5.96. The van der Waals surface area contributed by atoms with Crippen molar-refractivity contribution >= 4 is 12.0 Å². The molecule has 3 aromatic rings. The summed E-state index contributed by atoms with van der Waals surface area (Å²) in [5.74, 6) is 0.371. The van der Waals surface area contributed by atoms with Crippen LogP contribution in [0, 0.1) is 6.92 Å². The molecule has 0 radical (unpaired) electrons.